The first-order valence-electron chi connectivity index (χ1n) is 10.8. The maximum Gasteiger partial charge on any atom is 0.408 e. The minimum atomic E-state index is -0.757. The summed E-state index contributed by atoms with van der Waals surface area (Å²) < 4.78 is 5.15. The van der Waals surface area contributed by atoms with Gasteiger partial charge in [-0.25, -0.2) is 4.79 Å². The van der Waals surface area contributed by atoms with Crippen LogP contribution < -0.4 is 5.32 Å². The molecule has 5 aliphatic carbocycles. The maximum atomic E-state index is 13.8. The van der Waals surface area contributed by atoms with Crippen LogP contribution in [0.15, 0.2) is 12.7 Å². The van der Waals surface area contributed by atoms with Crippen molar-refractivity contribution in [2.45, 2.75) is 75.1 Å². The number of hydrogen-bond acceptors (Lipinski definition) is 5. The fourth-order valence-corrected chi connectivity index (χ4v) is 7.43. The van der Waals surface area contributed by atoms with Gasteiger partial charge in [0.15, 0.2) is 0 Å². The van der Waals surface area contributed by atoms with Crippen LogP contribution in [-0.4, -0.2) is 52.3 Å². The number of nitriles is 1. The Morgan fingerprint density at radius 2 is 2.00 bits per heavy atom. The lowest BCUT2D eigenvalue weighted by Crippen LogP contribution is -2.66. The largest absolute Gasteiger partial charge is 0.445 e. The van der Waals surface area contributed by atoms with E-state index in [1.807, 2.05) is 0 Å². The summed E-state index contributed by atoms with van der Waals surface area (Å²) in [6, 6.07) is 1.22. The molecule has 0 radical (unpaired) electrons. The number of rotatable bonds is 5. The first-order chi connectivity index (χ1) is 13.9. The van der Waals surface area contributed by atoms with E-state index in [2.05, 4.69) is 18.0 Å². The number of carbonyl (C=O) groups excluding carboxylic acids is 2. The number of ether oxygens (including phenoxy) is 1. The van der Waals surface area contributed by atoms with Crippen molar-refractivity contribution in [3.8, 4) is 6.07 Å². The van der Waals surface area contributed by atoms with Crippen molar-refractivity contribution in [1.29, 1.82) is 5.26 Å². The quantitative estimate of drug-likeness (QED) is 0.690. The molecule has 0 aromatic carbocycles. The summed E-state index contributed by atoms with van der Waals surface area (Å²) in [6.07, 6.45) is 7.42. The van der Waals surface area contributed by atoms with Gasteiger partial charge in [-0.2, -0.15) is 5.26 Å². The fraction of sp³-hybridized carbons (Fsp3) is 0.773. The first-order valence-corrected chi connectivity index (χ1v) is 10.8. The van der Waals surface area contributed by atoms with Gasteiger partial charge in [0, 0.05) is 11.5 Å². The van der Waals surface area contributed by atoms with Crippen molar-refractivity contribution in [1.82, 2.24) is 10.2 Å². The molecule has 6 fully saturated rings. The van der Waals surface area contributed by atoms with Gasteiger partial charge in [0.25, 0.3) is 0 Å². The number of amides is 2. The Labute approximate surface area is 171 Å². The summed E-state index contributed by atoms with van der Waals surface area (Å²) in [4.78, 5) is 28.0. The number of nitrogens with one attached hydrogen (secondary N) is 1. The Bertz CT molecular complexity index is 775. The van der Waals surface area contributed by atoms with Gasteiger partial charge in [0.1, 0.15) is 18.7 Å². The molecule has 0 aromatic rings. The Morgan fingerprint density at radius 3 is 2.62 bits per heavy atom. The lowest BCUT2D eigenvalue weighted by Gasteiger charge is -2.62. The van der Waals surface area contributed by atoms with Crippen molar-refractivity contribution in [3.05, 3.63) is 12.7 Å². The summed E-state index contributed by atoms with van der Waals surface area (Å²) in [5.74, 6) is 1.03. The summed E-state index contributed by atoms with van der Waals surface area (Å²) in [5, 5.41) is 23.6. The molecule has 6 atom stereocenters. The third-order valence-corrected chi connectivity index (χ3v) is 8.04. The molecule has 2 N–H and O–H groups in total. The molecule has 29 heavy (non-hydrogen) atoms. The van der Waals surface area contributed by atoms with Crippen molar-refractivity contribution in [2.24, 2.45) is 23.2 Å². The van der Waals surface area contributed by atoms with Gasteiger partial charge in [-0.15, -0.1) is 0 Å². The highest BCUT2D eigenvalue weighted by atomic mass is 16.5. The van der Waals surface area contributed by atoms with Crippen molar-refractivity contribution < 1.29 is 19.4 Å². The lowest BCUT2D eigenvalue weighted by atomic mass is 9.46. The van der Waals surface area contributed by atoms with E-state index in [1.165, 1.54) is 6.08 Å². The molecule has 1 aliphatic heterocycles. The maximum absolute atomic E-state index is 13.8. The second-order valence-electron chi connectivity index (χ2n) is 10.2. The average Bonchev–Trinajstić information content (AvgIpc) is 3.31. The van der Waals surface area contributed by atoms with Crippen molar-refractivity contribution >= 4 is 12.0 Å². The van der Waals surface area contributed by atoms with Crippen molar-refractivity contribution in [2.75, 3.05) is 6.61 Å². The Hall–Kier alpha value is -2.07. The molecule has 6 aliphatic rings. The molecule has 7 heteroatoms. The fourth-order valence-electron chi connectivity index (χ4n) is 7.43. The van der Waals surface area contributed by atoms with Gasteiger partial charge in [-0.05, 0) is 69.1 Å². The minimum absolute atomic E-state index is 0.0736. The number of piperidine rings is 1. The summed E-state index contributed by atoms with van der Waals surface area (Å²) in [7, 11) is 0. The molecule has 0 spiro atoms. The predicted molar refractivity (Wildman–Crippen MR) is 103 cm³/mol. The van der Waals surface area contributed by atoms with Crippen molar-refractivity contribution in [3.63, 3.8) is 0 Å². The molecule has 1 heterocycles. The lowest BCUT2D eigenvalue weighted by molar-refractivity contribution is -0.180. The zero-order valence-corrected chi connectivity index (χ0v) is 16.7. The van der Waals surface area contributed by atoms with Crippen LogP contribution in [0.2, 0.25) is 0 Å². The van der Waals surface area contributed by atoms with Crippen LogP contribution in [0.5, 0.6) is 0 Å². The zero-order chi connectivity index (χ0) is 20.4. The van der Waals surface area contributed by atoms with Gasteiger partial charge in [-0.1, -0.05) is 12.7 Å². The number of alkyl carbamates (subject to hydrolysis) is 1. The number of aliphatic hydroxyl groups is 1. The number of carbonyl (C=O) groups is 2. The molecule has 4 bridgehead atoms. The van der Waals surface area contributed by atoms with Crippen LogP contribution in [0.25, 0.3) is 0 Å². The molecule has 1 saturated heterocycles. The standard InChI is InChI=1S/C22H29N3O4/c1-2-3-29-20(27)24-18(19(26)25-16(11-23)5-15-6-17(15)25)21-7-13-4-14(8-21)10-22(28,9-13)12-21/h2,13-18,28H,1,3-10,12H2,(H,24,27)/t13?,14?,15?,16-,17-,18+,21?,22?/m0/s1. The van der Waals surface area contributed by atoms with Crippen LogP contribution in [0.3, 0.4) is 0 Å². The third-order valence-electron chi connectivity index (χ3n) is 8.04. The molecule has 3 unspecified atom stereocenters. The van der Waals surface area contributed by atoms with Gasteiger partial charge in [-0.3, -0.25) is 4.79 Å². The Kier molecular flexibility index (Phi) is 4.22. The molecule has 0 aromatic heterocycles. The number of nitrogens with zero attached hydrogens (tertiary/aromatic N) is 2. The average molecular weight is 399 g/mol. The van der Waals surface area contributed by atoms with Crippen LogP contribution in [-0.2, 0) is 9.53 Å². The van der Waals surface area contributed by atoms with E-state index >= 15 is 0 Å². The zero-order valence-electron chi connectivity index (χ0n) is 16.7. The topological polar surface area (TPSA) is 103 Å². The van der Waals surface area contributed by atoms with E-state index in [-0.39, 0.29) is 18.6 Å². The summed E-state index contributed by atoms with van der Waals surface area (Å²) in [6.45, 7) is 3.63. The molecular formula is C22H29N3O4. The highest BCUT2D eigenvalue weighted by Gasteiger charge is 2.64. The van der Waals surface area contributed by atoms with E-state index in [0.29, 0.717) is 24.2 Å². The van der Waals surface area contributed by atoms with Crippen LogP contribution in [0.4, 0.5) is 4.79 Å². The van der Waals surface area contributed by atoms with Gasteiger partial charge < -0.3 is 20.1 Å². The second-order valence-corrected chi connectivity index (χ2v) is 10.2. The third kappa shape index (κ3) is 3.04. The predicted octanol–water partition coefficient (Wildman–Crippen LogP) is 2.11. The summed E-state index contributed by atoms with van der Waals surface area (Å²) >= 11 is 0. The monoisotopic (exact) mass is 399 g/mol. The molecule has 2 amide bonds. The van der Waals surface area contributed by atoms with Crippen LogP contribution in [0, 0.1) is 34.5 Å². The van der Waals surface area contributed by atoms with E-state index < -0.39 is 29.2 Å². The molecule has 156 valence electrons. The summed E-state index contributed by atoms with van der Waals surface area (Å²) in [5.41, 5.74) is -1.20. The normalized spacial score (nSPS) is 44.6. The molecular weight excluding hydrogens is 370 g/mol. The number of hydrogen-bond donors (Lipinski definition) is 2. The smallest absolute Gasteiger partial charge is 0.408 e. The second kappa shape index (κ2) is 6.46. The van der Waals surface area contributed by atoms with Crippen LogP contribution in [0.1, 0.15) is 51.4 Å². The molecule has 5 saturated carbocycles. The Morgan fingerprint density at radius 1 is 1.28 bits per heavy atom. The number of likely N-dealkylation sites (tertiary alicyclic amines) is 1. The molecule has 7 nitrogen and oxygen atoms in total. The van der Waals surface area contributed by atoms with E-state index in [4.69, 9.17) is 4.74 Å². The van der Waals surface area contributed by atoms with E-state index in [9.17, 15) is 20.0 Å². The first kappa shape index (κ1) is 18.9. The van der Waals surface area contributed by atoms with Gasteiger partial charge in [0.2, 0.25) is 5.91 Å². The Balaban J connectivity index is 1.46. The highest BCUT2D eigenvalue weighted by molar-refractivity contribution is 5.88. The van der Waals surface area contributed by atoms with Crippen LogP contribution >= 0.6 is 0 Å². The SMILES string of the molecule is C=CCOC(=O)N[C@H](C(=O)N1[C@H](C#N)CC2C[C@@H]21)C12CC3CC(CC(O)(C3)C1)C2. The molecule has 6 rings (SSSR count). The number of fused-ring (bicyclic) bond motifs is 1. The minimum Gasteiger partial charge on any atom is -0.445 e. The van der Waals surface area contributed by atoms with E-state index in [1.54, 1.807) is 4.90 Å². The highest BCUT2D eigenvalue weighted by Crippen LogP contribution is 2.63. The van der Waals surface area contributed by atoms with Gasteiger partial charge in [0.05, 0.1) is 11.7 Å². The van der Waals surface area contributed by atoms with Gasteiger partial charge >= 0.3 is 6.09 Å². The van der Waals surface area contributed by atoms with E-state index in [0.717, 1.165) is 44.9 Å².